The number of rotatable bonds is 13. The van der Waals surface area contributed by atoms with Crippen molar-refractivity contribution < 1.29 is 23.8 Å². The quantitative estimate of drug-likeness (QED) is 0.129. The van der Waals surface area contributed by atoms with Gasteiger partial charge in [0.05, 0.1) is 18.3 Å². The highest BCUT2D eigenvalue weighted by Gasteiger charge is 2.25. The van der Waals surface area contributed by atoms with Crippen LogP contribution in [0.1, 0.15) is 29.2 Å². The molecule has 4 aromatic rings. The minimum absolute atomic E-state index is 0.239. The summed E-state index contributed by atoms with van der Waals surface area (Å²) < 4.78 is 17.2. The highest BCUT2D eigenvalue weighted by molar-refractivity contribution is 6.35. The van der Waals surface area contributed by atoms with Crippen LogP contribution >= 0.6 is 23.2 Å². The molecule has 44 heavy (non-hydrogen) atoms. The van der Waals surface area contributed by atoms with Crippen LogP contribution in [0.25, 0.3) is 0 Å². The Morgan fingerprint density at radius 2 is 1.61 bits per heavy atom. The summed E-state index contributed by atoms with van der Waals surface area (Å²) in [7, 11) is 1.56. The molecule has 2 amide bonds. The number of carbonyl (C=O) groups is 2. The second-order valence-electron chi connectivity index (χ2n) is 10.0. The summed E-state index contributed by atoms with van der Waals surface area (Å²) in [6, 6.07) is 26.5. The Hall–Kier alpha value is -4.53. The lowest BCUT2D eigenvalue weighted by Crippen LogP contribution is -2.50. The van der Waals surface area contributed by atoms with E-state index in [1.807, 2.05) is 55.5 Å². The van der Waals surface area contributed by atoms with Crippen LogP contribution in [-0.4, -0.2) is 37.3 Å². The smallest absolute Gasteiger partial charge is 0.262 e. The van der Waals surface area contributed by atoms with Crippen LogP contribution in [0.4, 0.5) is 0 Å². The van der Waals surface area contributed by atoms with Gasteiger partial charge < -0.3 is 19.5 Å². The van der Waals surface area contributed by atoms with Gasteiger partial charge in [0.1, 0.15) is 18.4 Å². The number of halogens is 2. The van der Waals surface area contributed by atoms with E-state index in [1.165, 1.54) is 12.3 Å². The Balaban J connectivity index is 1.40. The molecule has 8 nitrogen and oxygen atoms in total. The zero-order valence-corrected chi connectivity index (χ0v) is 26.1. The number of hydrogen-bond acceptors (Lipinski definition) is 6. The minimum Gasteiger partial charge on any atom is -0.493 e. The van der Waals surface area contributed by atoms with Crippen molar-refractivity contribution in [1.29, 1.82) is 0 Å². The van der Waals surface area contributed by atoms with E-state index in [4.69, 9.17) is 37.4 Å². The molecule has 0 saturated heterocycles. The van der Waals surface area contributed by atoms with Gasteiger partial charge in [0.25, 0.3) is 11.8 Å². The van der Waals surface area contributed by atoms with E-state index < -0.39 is 24.0 Å². The fraction of sp³-hybridized carbons (Fsp3) is 0.206. The van der Waals surface area contributed by atoms with E-state index in [9.17, 15) is 9.59 Å². The monoisotopic (exact) mass is 633 g/mol. The average molecular weight is 635 g/mol. The highest BCUT2D eigenvalue weighted by Crippen LogP contribution is 2.29. The Morgan fingerprint density at radius 1 is 0.864 bits per heavy atom. The minimum atomic E-state index is -0.942. The van der Waals surface area contributed by atoms with Gasteiger partial charge in [-0.05, 0) is 66.9 Å². The van der Waals surface area contributed by atoms with Crippen LogP contribution in [0.2, 0.25) is 10.0 Å². The van der Waals surface area contributed by atoms with Crippen molar-refractivity contribution in [3.63, 3.8) is 0 Å². The third-order valence-electron chi connectivity index (χ3n) is 6.54. The lowest BCUT2D eigenvalue weighted by atomic mass is 10.1. The molecule has 0 radical (unpaired) electrons. The molecule has 0 fully saturated rings. The number of hydrogen-bond donors (Lipinski definition) is 2. The van der Waals surface area contributed by atoms with Gasteiger partial charge in [-0.15, -0.1) is 0 Å². The van der Waals surface area contributed by atoms with Gasteiger partial charge in [-0.1, -0.05) is 83.4 Å². The van der Waals surface area contributed by atoms with Crippen LogP contribution < -0.4 is 25.0 Å². The van der Waals surface area contributed by atoms with Gasteiger partial charge in [-0.3, -0.25) is 9.59 Å². The van der Waals surface area contributed by atoms with Crippen LogP contribution in [0, 0.1) is 6.92 Å². The van der Waals surface area contributed by atoms with Crippen molar-refractivity contribution >= 4 is 41.2 Å². The van der Waals surface area contributed by atoms with E-state index in [1.54, 1.807) is 44.4 Å². The zero-order valence-electron chi connectivity index (χ0n) is 24.6. The molecule has 0 spiro atoms. The van der Waals surface area contributed by atoms with Crippen LogP contribution in [-0.2, 0) is 22.6 Å². The fourth-order valence-corrected chi connectivity index (χ4v) is 4.71. The Labute approximate surface area is 266 Å². The number of hydrazone groups is 1. The number of nitrogens with zero attached hydrogens (tertiary/aromatic N) is 1. The average Bonchev–Trinajstić information content (AvgIpc) is 3.01. The molecule has 10 heteroatoms. The topological polar surface area (TPSA) is 98.2 Å². The van der Waals surface area contributed by atoms with Crippen LogP contribution in [0.3, 0.4) is 0 Å². The molecule has 0 aromatic heterocycles. The molecule has 0 aliphatic heterocycles. The summed E-state index contributed by atoms with van der Waals surface area (Å²) in [4.78, 5) is 26.2. The van der Waals surface area contributed by atoms with Crippen molar-refractivity contribution in [1.82, 2.24) is 10.7 Å². The second kappa shape index (κ2) is 15.8. The predicted molar refractivity (Wildman–Crippen MR) is 173 cm³/mol. The molecule has 0 saturated carbocycles. The molecule has 0 heterocycles. The summed E-state index contributed by atoms with van der Waals surface area (Å²) in [6.07, 6.45) is 0.784. The normalized spacial score (nSPS) is 12.3. The van der Waals surface area contributed by atoms with Gasteiger partial charge in [0.15, 0.2) is 17.6 Å². The van der Waals surface area contributed by atoms with Gasteiger partial charge in [-0.25, -0.2) is 5.43 Å². The first-order valence-corrected chi connectivity index (χ1v) is 14.6. The number of methoxy groups -OCH3 is 1. The Morgan fingerprint density at radius 3 is 2.34 bits per heavy atom. The first kappa shape index (κ1) is 32.4. The van der Waals surface area contributed by atoms with Crippen molar-refractivity contribution in [2.45, 2.75) is 39.0 Å². The molecule has 0 unspecified atom stereocenters. The Bertz CT molecular complexity index is 1610. The maximum Gasteiger partial charge on any atom is 0.262 e. The van der Waals surface area contributed by atoms with Crippen molar-refractivity contribution in [3.8, 4) is 17.2 Å². The maximum absolute atomic E-state index is 13.2. The standard InChI is InChI=1S/C34H33Cl2N3O5/c1-22-8-7-11-26(16-22)21-43-31-14-12-25(18-32(31)42-3)20-37-39-34(41)29(17-24-9-5-4-6-10-24)38-33(40)23(2)44-30-15-13-27(35)19-28(30)36/h4-16,18-20,23,29H,17,21H2,1-3H3,(H,38,40)(H,39,41)/b37-20-/t23-,29+/m0/s1. The molecule has 2 atom stereocenters. The fourth-order valence-electron chi connectivity index (χ4n) is 4.26. The molecule has 4 rings (SSSR count). The van der Waals surface area contributed by atoms with Crippen molar-refractivity contribution in [3.05, 3.63) is 123 Å². The van der Waals surface area contributed by atoms with Crippen molar-refractivity contribution in [2.75, 3.05) is 7.11 Å². The summed E-state index contributed by atoms with van der Waals surface area (Å²) >= 11 is 12.1. The first-order valence-electron chi connectivity index (χ1n) is 13.9. The number of benzene rings is 4. The van der Waals surface area contributed by atoms with Gasteiger partial charge in [0, 0.05) is 11.4 Å². The molecular weight excluding hydrogens is 601 g/mol. The van der Waals surface area contributed by atoms with E-state index >= 15 is 0 Å². The third kappa shape index (κ3) is 9.49. The summed E-state index contributed by atoms with van der Waals surface area (Å²) in [5.41, 5.74) is 6.27. The van der Waals surface area contributed by atoms with Crippen LogP contribution in [0.5, 0.6) is 17.2 Å². The number of ether oxygens (including phenoxy) is 3. The van der Waals surface area contributed by atoms with Gasteiger partial charge in [0.2, 0.25) is 0 Å². The largest absolute Gasteiger partial charge is 0.493 e. The Kier molecular flexibility index (Phi) is 11.6. The van der Waals surface area contributed by atoms with Gasteiger partial charge in [-0.2, -0.15) is 5.10 Å². The summed E-state index contributed by atoms with van der Waals surface area (Å²) in [6.45, 7) is 3.99. The number of aryl methyl sites for hydroxylation is 1. The number of amides is 2. The summed E-state index contributed by atoms with van der Waals surface area (Å²) in [5.74, 6) is 0.408. The highest BCUT2D eigenvalue weighted by atomic mass is 35.5. The molecular formula is C34H33Cl2N3O5. The molecule has 0 aliphatic rings. The molecule has 2 N–H and O–H groups in total. The lowest BCUT2D eigenvalue weighted by Gasteiger charge is -2.21. The zero-order chi connectivity index (χ0) is 31.5. The van der Waals surface area contributed by atoms with Crippen LogP contribution in [0.15, 0.2) is 96.1 Å². The lowest BCUT2D eigenvalue weighted by molar-refractivity contribution is -0.132. The third-order valence-corrected chi connectivity index (χ3v) is 7.07. The van der Waals surface area contributed by atoms with E-state index in [0.717, 1.165) is 16.7 Å². The van der Waals surface area contributed by atoms with Crippen molar-refractivity contribution in [2.24, 2.45) is 5.10 Å². The second-order valence-corrected chi connectivity index (χ2v) is 10.9. The SMILES string of the molecule is COc1cc(/C=N\NC(=O)[C@@H](Cc2ccccc2)NC(=O)[C@H](C)Oc2ccc(Cl)cc2Cl)ccc1OCc1cccc(C)c1. The first-order chi connectivity index (χ1) is 21.2. The van der Waals surface area contributed by atoms with Gasteiger partial charge >= 0.3 is 0 Å². The number of nitrogens with one attached hydrogen (secondary N) is 2. The molecule has 0 aliphatic carbocycles. The van der Waals surface area contributed by atoms with E-state index in [-0.39, 0.29) is 11.4 Å². The molecule has 228 valence electrons. The summed E-state index contributed by atoms with van der Waals surface area (Å²) in [5, 5.41) is 7.60. The predicted octanol–water partition coefficient (Wildman–Crippen LogP) is 6.53. The molecule has 4 aromatic carbocycles. The maximum atomic E-state index is 13.2. The van der Waals surface area contributed by atoms with E-state index in [0.29, 0.717) is 34.4 Å². The number of carbonyl (C=O) groups excluding carboxylic acids is 2. The molecule has 0 bridgehead atoms. The van der Waals surface area contributed by atoms with E-state index in [2.05, 4.69) is 21.9 Å².